The number of piperazine rings is 1. The molecule has 2 atom stereocenters. The number of hydrogen-bond acceptors (Lipinski definition) is 11. The molecule has 15 nitrogen and oxygen atoms in total. The maximum Gasteiger partial charge on any atom is 0.352 e. The fourth-order valence-electron chi connectivity index (χ4n) is 8.81. The number of imide groups is 1. The number of anilines is 1. The summed E-state index contributed by atoms with van der Waals surface area (Å²) >= 11 is 6.99. The lowest BCUT2D eigenvalue weighted by molar-refractivity contribution is -0.134. The summed E-state index contributed by atoms with van der Waals surface area (Å²) in [5, 5.41) is 25.1. The van der Waals surface area contributed by atoms with Crippen molar-refractivity contribution in [2.45, 2.75) is 134 Å². The molecule has 1 aromatic carbocycles. The molecule has 16 heteroatoms. The van der Waals surface area contributed by atoms with E-state index in [2.05, 4.69) is 44.3 Å². The van der Waals surface area contributed by atoms with Gasteiger partial charge in [-0.3, -0.25) is 34.1 Å². The fraction of sp³-hybridized carbons (Fsp3) is 0.476. The van der Waals surface area contributed by atoms with Crippen molar-refractivity contribution in [3.8, 4) is 11.1 Å². The van der Waals surface area contributed by atoms with E-state index in [1.807, 2.05) is 152 Å². The SMILES string of the molecule is C=C/C=C\C.CC.CC.CCC(C)C(=O)NC(C)=O.C\C=C/C=C1/NC(CCC(=O)N2CCN(CCN3C(C(=O)O)=C(CCCOC/C4=C/C=C=C/C=C\C4)Cc4ccc(Cl)c(-c5cn(C)nc5C)c43)CC2)N/C1=C(/C)C(C)=O. The lowest BCUT2D eigenvalue weighted by Crippen LogP contribution is -2.51. The number of aryl methyl sites for hydroxylation is 2. The molecule has 2 saturated heterocycles. The van der Waals surface area contributed by atoms with Crippen molar-refractivity contribution >= 4 is 46.8 Å². The number of fused-ring (bicyclic) bond motifs is 1. The van der Waals surface area contributed by atoms with Crippen LogP contribution in [-0.2, 0) is 42.2 Å². The van der Waals surface area contributed by atoms with Crippen LogP contribution in [0.15, 0.2) is 131 Å². The largest absolute Gasteiger partial charge is 0.477 e. The van der Waals surface area contributed by atoms with Crippen molar-refractivity contribution in [2.24, 2.45) is 13.0 Å². The van der Waals surface area contributed by atoms with Gasteiger partial charge in [-0.2, -0.15) is 5.10 Å². The number of benzene rings is 1. The summed E-state index contributed by atoms with van der Waals surface area (Å²) in [4.78, 5) is 66.3. The van der Waals surface area contributed by atoms with Gasteiger partial charge in [0.25, 0.3) is 0 Å². The summed E-state index contributed by atoms with van der Waals surface area (Å²) in [5.74, 6) is -1.42. The van der Waals surface area contributed by atoms with Gasteiger partial charge < -0.3 is 30.3 Å². The van der Waals surface area contributed by atoms with Crippen LogP contribution in [0, 0.1) is 12.8 Å². The van der Waals surface area contributed by atoms with E-state index in [1.165, 1.54) is 6.92 Å². The number of amides is 3. The highest BCUT2D eigenvalue weighted by atomic mass is 35.5. The van der Waals surface area contributed by atoms with Crippen LogP contribution >= 0.6 is 11.6 Å². The van der Waals surface area contributed by atoms with Gasteiger partial charge in [0.05, 0.1) is 40.6 Å². The molecule has 3 aliphatic heterocycles. The first kappa shape index (κ1) is 68.3. The van der Waals surface area contributed by atoms with Gasteiger partial charge in [-0.15, -0.1) is 5.73 Å². The summed E-state index contributed by atoms with van der Waals surface area (Å²) in [5.41, 5.74) is 12.0. The highest BCUT2D eigenvalue weighted by Crippen LogP contribution is 2.46. The molecule has 4 heterocycles. The number of rotatable bonds is 19. The number of allylic oxidation sites excluding steroid dienone is 12. The van der Waals surface area contributed by atoms with E-state index < -0.39 is 5.97 Å². The van der Waals surface area contributed by atoms with Crippen LogP contribution in [-0.4, -0.2) is 113 Å². The van der Waals surface area contributed by atoms with Crippen molar-refractivity contribution in [1.29, 1.82) is 0 Å². The first-order chi connectivity index (χ1) is 37.9. The van der Waals surface area contributed by atoms with Crippen molar-refractivity contribution in [3.63, 3.8) is 0 Å². The second kappa shape index (κ2) is 37.2. The third kappa shape index (κ3) is 22.1. The molecule has 3 amide bonds. The summed E-state index contributed by atoms with van der Waals surface area (Å²) in [6, 6.07) is 3.93. The summed E-state index contributed by atoms with van der Waals surface area (Å²) in [7, 11) is 1.87. The Morgan fingerprint density at radius 2 is 1.70 bits per heavy atom. The van der Waals surface area contributed by atoms with Crippen LogP contribution in [0.2, 0.25) is 5.02 Å². The van der Waals surface area contributed by atoms with E-state index in [1.54, 1.807) is 24.6 Å². The predicted octanol–water partition coefficient (Wildman–Crippen LogP) is 11.4. The minimum atomic E-state index is -0.970. The maximum absolute atomic E-state index is 13.4. The topological polar surface area (TPSA) is 178 Å². The van der Waals surface area contributed by atoms with Crippen LogP contribution in [0.25, 0.3) is 11.1 Å². The van der Waals surface area contributed by atoms with Crippen LogP contribution in [0.5, 0.6) is 0 Å². The van der Waals surface area contributed by atoms with Crippen LogP contribution in [0.1, 0.15) is 126 Å². The van der Waals surface area contributed by atoms with Gasteiger partial charge >= 0.3 is 5.97 Å². The number of aliphatic carboxylic acids is 1. The number of ether oxygens (including phenoxy) is 1. The van der Waals surface area contributed by atoms with Gasteiger partial charge in [-0.05, 0) is 114 Å². The highest BCUT2D eigenvalue weighted by Gasteiger charge is 2.34. The average Bonchev–Trinajstić information content (AvgIpc) is 4.09. The summed E-state index contributed by atoms with van der Waals surface area (Å²) in [6.45, 7) is 30.3. The smallest absolute Gasteiger partial charge is 0.352 e. The number of aromatic nitrogens is 2. The normalized spacial score (nSPS) is 18.3. The summed E-state index contributed by atoms with van der Waals surface area (Å²) < 4.78 is 7.82. The number of hydrogen-bond donors (Lipinski definition) is 4. The zero-order chi connectivity index (χ0) is 59.0. The van der Waals surface area contributed by atoms with Gasteiger partial charge in [0.15, 0.2) is 5.78 Å². The molecule has 1 aliphatic carbocycles. The molecule has 79 heavy (non-hydrogen) atoms. The molecule has 4 aliphatic rings. The number of nitrogens with zero attached hydrogens (tertiary/aromatic N) is 5. The second-order valence-corrected chi connectivity index (χ2v) is 19.2. The number of halogens is 1. The van der Waals surface area contributed by atoms with E-state index in [-0.39, 0.29) is 35.6 Å². The third-order valence-corrected chi connectivity index (χ3v) is 13.4. The lowest BCUT2D eigenvalue weighted by Gasteiger charge is -2.39. The van der Waals surface area contributed by atoms with Gasteiger partial charge in [0.1, 0.15) is 5.70 Å². The molecule has 6 rings (SSSR count). The molecule has 2 unspecified atom stereocenters. The van der Waals surface area contributed by atoms with Gasteiger partial charge in [0.2, 0.25) is 17.7 Å². The minimum Gasteiger partial charge on any atom is -0.477 e. The fourth-order valence-corrected chi connectivity index (χ4v) is 9.07. The van der Waals surface area contributed by atoms with E-state index in [4.69, 9.17) is 16.3 Å². The van der Waals surface area contributed by atoms with Crippen molar-refractivity contribution in [1.82, 2.24) is 35.5 Å². The van der Waals surface area contributed by atoms with Crippen LogP contribution in [0.4, 0.5) is 5.69 Å². The molecule has 0 spiro atoms. The average molecular weight is 1110 g/mol. The number of carboxylic acids is 1. The number of carbonyl (C=O) groups is 5. The quantitative estimate of drug-likeness (QED) is 0.0454. The molecule has 432 valence electrons. The Labute approximate surface area is 477 Å². The van der Waals surface area contributed by atoms with Crippen molar-refractivity contribution in [2.75, 3.05) is 57.4 Å². The predicted molar refractivity (Wildman–Crippen MR) is 323 cm³/mol. The third-order valence-electron chi connectivity index (χ3n) is 13.1. The Balaban J connectivity index is 0.000000968. The Morgan fingerprint density at radius 1 is 1.00 bits per heavy atom. The number of nitrogens with one attached hydrogen (secondary N) is 3. The Morgan fingerprint density at radius 3 is 2.28 bits per heavy atom. The number of Topliss-reactive ketones (excluding diaryl/α,β-unsaturated/α-hetero) is 1. The first-order valence-corrected chi connectivity index (χ1v) is 28.3. The van der Waals surface area contributed by atoms with Crippen LogP contribution in [0.3, 0.4) is 0 Å². The zero-order valence-electron chi connectivity index (χ0n) is 49.6. The lowest BCUT2D eigenvalue weighted by atomic mass is 9.88. The Hall–Kier alpha value is -6.77. The van der Waals surface area contributed by atoms with Gasteiger partial charge in [-0.25, -0.2) is 4.79 Å². The van der Waals surface area contributed by atoms with Crippen LogP contribution < -0.4 is 20.9 Å². The standard InChI is InChI=1S/C47H58ClN7O5.C7H13NO2.C5H8.2C2H6/c1-6-7-17-40-44(32(2)34(4)56)50-41(49-40)20-21-42(57)54-25-22-53(23-26-54)24-27-55-45-37(18-19-39(48)43(45)38-30-52(5)51-33(38)3)29-36(46(55)47(58)59)16-13-28-60-31-35-14-11-9-8-10-12-15-35;1-4-5(2)7(10)8-6(3)9;1-3-5-4-2;2*1-2/h6-9,11-12,15,17-19,30,41,49-50H,13-14,16,20-29,31H2,1-5H3,(H,58,59);5H,4H2,1-3H3,(H,8,9,10);3-5H,1H2,2H3;2*1-2H3/b7-6-,11-9-,35-15+,40-17+,44-32-;;5-4-;;. The van der Waals surface area contributed by atoms with E-state index in [9.17, 15) is 29.1 Å². The highest BCUT2D eigenvalue weighted by molar-refractivity contribution is 6.34. The maximum atomic E-state index is 13.4. The number of carboxylic acid groups (broad SMARTS) is 1. The molecule has 0 radical (unpaired) electrons. The number of carbonyl (C=O) groups excluding carboxylic acids is 4. The van der Waals surface area contributed by atoms with Crippen molar-refractivity contribution in [3.05, 3.63) is 148 Å². The van der Waals surface area contributed by atoms with Crippen molar-refractivity contribution < 1.29 is 33.8 Å². The zero-order valence-corrected chi connectivity index (χ0v) is 50.3. The van der Waals surface area contributed by atoms with E-state index in [0.29, 0.717) is 101 Å². The second-order valence-electron chi connectivity index (χ2n) is 18.8. The molecule has 4 N–H and O–H groups in total. The molecule has 0 bridgehead atoms. The molecular weight excluding hydrogens is 1020 g/mol. The Bertz CT molecular complexity index is 2660. The molecule has 2 aromatic rings. The molecular formula is C63H91ClN8O7. The number of ketones is 1. The van der Waals surface area contributed by atoms with E-state index in [0.717, 1.165) is 63.5 Å². The first-order valence-electron chi connectivity index (χ1n) is 28.0. The monoisotopic (exact) mass is 1110 g/mol. The van der Waals surface area contributed by atoms with Gasteiger partial charge in [0, 0.05) is 95.1 Å². The van der Waals surface area contributed by atoms with Gasteiger partial charge in [-0.1, -0.05) is 114 Å². The minimum absolute atomic E-state index is 0.00221. The molecule has 2 fully saturated rings. The molecule has 0 saturated carbocycles. The summed E-state index contributed by atoms with van der Waals surface area (Å²) in [6.07, 6.45) is 27.3. The van der Waals surface area contributed by atoms with E-state index >= 15 is 0 Å². The Kier molecular flexibility index (Phi) is 32.1. The molecule has 1 aromatic heterocycles.